The number of nitrogens with one attached hydrogen (secondary N) is 1. The Bertz CT molecular complexity index is 586. The minimum atomic E-state index is -0.545. The van der Waals surface area contributed by atoms with Crippen LogP contribution >= 0.6 is 0 Å². The molecule has 0 spiro atoms. The largest absolute Gasteiger partial charge is 0.438 e. The molecule has 0 bridgehead atoms. The third-order valence-electron chi connectivity index (χ3n) is 2.33. The van der Waals surface area contributed by atoms with E-state index in [0.717, 1.165) is 0 Å². The van der Waals surface area contributed by atoms with Crippen molar-refractivity contribution in [3.8, 4) is 11.6 Å². The Morgan fingerprint density at radius 3 is 2.89 bits per heavy atom. The molecular weight excluding hydrogens is 244 g/mol. The number of anilines is 1. The number of carbonyl (C=O) groups excluding carboxylic acids is 1. The Morgan fingerprint density at radius 2 is 2.16 bits per heavy atom. The fraction of sp³-hybridized carbons (Fsp3) is 0.154. The number of ether oxygens (including phenoxy) is 1. The van der Waals surface area contributed by atoms with Gasteiger partial charge in [-0.2, -0.15) is 4.98 Å². The van der Waals surface area contributed by atoms with Crippen molar-refractivity contribution in [1.29, 1.82) is 0 Å². The maximum absolute atomic E-state index is 11.3. The molecular formula is C13H14N4O2. The van der Waals surface area contributed by atoms with E-state index in [0.29, 0.717) is 29.7 Å². The van der Waals surface area contributed by atoms with E-state index in [2.05, 4.69) is 15.3 Å². The minimum Gasteiger partial charge on any atom is -0.438 e. The molecule has 6 nitrogen and oxygen atoms in total. The van der Waals surface area contributed by atoms with Gasteiger partial charge in [-0.1, -0.05) is 12.1 Å². The Labute approximate surface area is 110 Å². The summed E-state index contributed by atoms with van der Waals surface area (Å²) in [5.41, 5.74) is 5.59. The highest BCUT2D eigenvalue weighted by Crippen LogP contribution is 2.23. The first-order valence-corrected chi connectivity index (χ1v) is 5.84. The number of hydrogen-bond donors (Lipinski definition) is 2. The molecule has 1 heterocycles. The zero-order valence-electron chi connectivity index (χ0n) is 10.5. The van der Waals surface area contributed by atoms with E-state index in [1.165, 1.54) is 0 Å². The van der Waals surface area contributed by atoms with E-state index in [1.54, 1.807) is 36.5 Å². The van der Waals surface area contributed by atoms with E-state index < -0.39 is 5.91 Å². The fourth-order valence-electron chi connectivity index (χ4n) is 1.51. The molecule has 2 rings (SSSR count). The summed E-state index contributed by atoms with van der Waals surface area (Å²) in [4.78, 5) is 19.5. The van der Waals surface area contributed by atoms with Crippen LogP contribution in [0, 0.1) is 0 Å². The molecule has 0 atom stereocenters. The van der Waals surface area contributed by atoms with Crippen LogP contribution in [0.3, 0.4) is 0 Å². The van der Waals surface area contributed by atoms with Crippen molar-refractivity contribution < 1.29 is 9.53 Å². The normalized spacial score (nSPS) is 9.95. The second-order valence-corrected chi connectivity index (χ2v) is 3.71. The number of nitrogens with zero attached hydrogens (tertiary/aromatic N) is 2. The van der Waals surface area contributed by atoms with Crippen molar-refractivity contribution in [2.24, 2.45) is 5.73 Å². The smallest absolute Gasteiger partial charge is 0.252 e. The number of rotatable bonds is 5. The lowest BCUT2D eigenvalue weighted by Crippen LogP contribution is -2.12. The first kappa shape index (κ1) is 12.8. The number of carbonyl (C=O) groups is 1. The van der Waals surface area contributed by atoms with Gasteiger partial charge in [0, 0.05) is 18.8 Å². The zero-order valence-corrected chi connectivity index (χ0v) is 10.5. The maximum atomic E-state index is 11.3. The number of amides is 1. The summed E-state index contributed by atoms with van der Waals surface area (Å²) in [6, 6.07) is 8.35. The van der Waals surface area contributed by atoms with E-state index >= 15 is 0 Å². The highest BCUT2D eigenvalue weighted by molar-refractivity contribution is 5.95. The van der Waals surface area contributed by atoms with E-state index in [4.69, 9.17) is 10.5 Å². The van der Waals surface area contributed by atoms with E-state index in [1.807, 2.05) is 6.92 Å². The van der Waals surface area contributed by atoms with Gasteiger partial charge in [0.05, 0.1) is 5.56 Å². The third-order valence-corrected chi connectivity index (χ3v) is 2.33. The number of hydrogen-bond acceptors (Lipinski definition) is 5. The van der Waals surface area contributed by atoms with Crippen LogP contribution < -0.4 is 15.8 Å². The average Bonchev–Trinajstić information content (AvgIpc) is 2.40. The lowest BCUT2D eigenvalue weighted by molar-refractivity contribution is 0.0998. The third kappa shape index (κ3) is 3.19. The molecule has 0 unspecified atom stereocenters. The summed E-state index contributed by atoms with van der Waals surface area (Å²) >= 11 is 0. The van der Waals surface area contributed by atoms with E-state index in [-0.39, 0.29) is 0 Å². The molecule has 3 N–H and O–H groups in total. The number of aromatic nitrogens is 2. The summed E-state index contributed by atoms with van der Waals surface area (Å²) in [7, 11) is 0. The lowest BCUT2D eigenvalue weighted by Gasteiger charge is -2.09. The van der Waals surface area contributed by atoms with Gasteiger partial charge in [-0.25, -0.2) is 4.98 Å². The molecule has 6 heteroatoms. The van der Waals surface area contributed by atoms with Crippen molar-refractivity contribution in [2.75, 3.05) is 11.9 Å². The molecule has 0 saturated carbocycles. The van der Waals surface area contributed by atoms with Gasteiger partial charge in [0.25, 0.3) is 5.91 Å². The van der Waals surface area contributed by atoms with Gasteiger partial charge >= 0.3 is 0 Å². The number of primary amides is 1. The Hall–Kier alpha value is -2.63. The molecule has 2 aromatic rings. The van der Waals surface area contributed by atoms with Gasteiger partial charge in [-0.3, -0.25) is 4.79 Å². The minimum absolute atomic E-state index is 0.311. The highest BCUT2D eigenvalue weighted by atomic mass is 16.5. The van der Waals surface area contributed by atoms with Gasteiger partial charge in [-0.05, 0) is 19.1 Å². The molecule has 0 aliphatic carbocycles. The van der Waals surface area contributed by atoms with Crippen LogP contribution in [-0.4, -0.2) is 22.4 Å². The van der Waals surface area contributed by atoms with Crippen LogP contribution in [-0.2, 0) is 0 Å². The van der Waals surface area contributed by atoms with Crippen molar-refractivity contribution in [3.63, 3.8) is 0 Å². The van der Waals surface area contributed by atoms with Crippen molar-refractivity contribution in [2.45, 2.75) is 6.92 Å². The highest BCUT2D eigenvalue weighted by Gasteiger charge is 2.10. The summed E-state index contributed by atoms with van der Waals surface area (Å²) in [5, 5.41) is 2.98. The second kappa shape index (κ2) is 5.81. The summed E-state index contributed by atoms with van der Waals surface area (Å²) in [6.45, 7) is 2.65. The quantitative estimate of drug-likeness (QED) is 0.853. The Balaban J connectivity index is 2.26. The summed E-state index contributed by atoms with van der Waals surface area (Å²) < 4.78 is 5.57. The number of para-hydroxylation sites is 1. The molecule has 1 aromatic heterocycles. The Morgan fingerprint density at radius 1 is 1.37 bits per heavy atom. The zero-order chi connectivity index (χ0) is 13.7. The molecule has 0 aliphatic rings. The molecule has 1 aromatic carbocycles. The van der Waals surface area contributed by atoms with Crippen LogP contribution in [0.25, 0.3) is 0 Å². The fourth-order valence-corrected chi connectivity index (χ4v) is 1.51. The summed E-state index contributed by atoms with van der Waals surface area (Å²) in [6.07, 6.45) is 1.58. The van der Waals surface area contributed by atoms with Crippen LogP contribution in [0.15, 0.2) is 36.5 Å². The monoisotopic (exact) mass is 258 g/mol. The van der Waals surface area contributed by atoms with Gasteiger partial charge < -0.3 is 15.8 Å². The number of benzene rings is 1. The average molecular weight is 258 g/mol. The van der Waals surface area contributed by atoms with Gasteiger partial charge in [-0.15, -0.1) is 0 Å². The van der Waals surface area contributed by atoms with Crippen molar-refractivity contribution in [3.05, 3.63) is 42.1 Å². The van der Waals surface area contributed by atoms with Crippen LogP contribution in [0.4, 0.5) is 5.95 Å². The molecule has 1 amide bonds. The van der Waals surface area contributed by atoms with Gasteiger partial charge in [0.15, 0.2) is 0 Å². The number of nitrogens with two attached hydrogens (primary N) is 1. The van der Waals surface area contributed by atoms with Crippen LogP contribution in [0.1, 0.15) is 17.3 Å². The van der Waals surface area contributed by atoms with Crippen LogP contribution in [0.5, 0.6) is 11.6 Å². The molecule has 0 fully saturated rings. The Kier molecular flexibility index (Phi) is 3.92. The molecule has 0 saturated heterocycles. The topological polar surface area (TPSA) is 90.1 Å². The van der Waals surface area contributed by atoms with Crippen molar-refractivity contribution >= 4 is 11.9 Å². The predicted molar refractivity (Wildman–Crippen MR) is 71.2 cm³/mol. The maximum Gasteiger partial charge on any atom is 0.252 e. The SMILES string of the molecule is CCNc1nccc(Oc2ccccc2C(N)=O)n1. The first-order chi connectivity index (χ1) is 9.20. The van der Waals surface area contributed by atoms with Crippen LogP contribution in [0.2, 0.25) is 0 Å². The van der Waals surface area contributed by atoms with Gasteiger partial charge in [0.1, 0.15) is 5.75 Å². The standard InChI is InChI=1S/C13H14N4O2/c1-2-15-13-16-8-7-11(17-13)19-10-6-4-3-5-9(10)12(14)18/h3-8H,2H2,1H3,(H2,14,18)(H,15,16,17). The van der Waals surface area contributed by atoms with E-state index in [9.17, 15) is 4.79 Å². The van der Waals surface area contributed by atoms with Gasteiger partial charge in [0.2, 0.25) is 11.8 Å². The summed E-state index contributed by atoms with van der Waals surface area (Å²) in [5.74, 6) is 0.643. The molecule has 0 radical (unpaired) electrons. The second-order valence-electron chi connectivity index (χ2n) is 3.71. The van der Waals surface area contributed by atoms with Crippen molar-refractivity contribution in [1.82, 2.24) is 9.97 Å². The molecule has 19 heavy (non-hydrogen) atoms. The molecule has 98 valence electrons. The first-order valence-electron chi connectivity index (χ1n) is 5.84. The lowest BCUT2D eigenvalue weighted by atomic mass is 10.2. The molecule has 0 aliphatic heterocycles. The predicted octanol–water partition coefficient (Wildman–Crippen LogP) is 1.80.